The summed E-state index contributed by atoms with van der Waals surface area (Å²) in [5.41, 5.74) is 3.19. The minimum absolute atomic E-state index is 0.332. The van der Waals surface area contributed by atoms with Gasteiger partial charge < -0.3 is 4.90 Å². The maximum absolute atomic E-state index is 12.7. The van der Waals surface area contributed by atoms with E-state index in [0.717, 1.165) is 15.1 Å². The van der Waals surface area contributed by atoms with Crippen molar-refractivity contribution in [3.05, 3.63) is 79.1 Å². The molecule has 0 saturated heterocycles. The van der Waals surface area contributed by atoms with Crippen LogP contribution in [0.1, 0.15) is 17.4 Å². The Hall–Kier alpha value is -3.13. The van der Waals surface area contributed by atoms with Gasteiger partial charge in [0.25, 0.3) is 5.56 Å². The summed E-state index contributed by atoms with van der Waals surface area (Å²) in [5, 5.41) is 6.19. The average Bonchev–Trinajstić information content (AvgIpc) is 3.20. The number of H-pyrrole nitrogens is 1. The summed E-state index contributed by atoms with van der Waals surface area (Å²) in [6.07, 6.45) is 1.46. The topological polar surface area (TPSA) is 82.5 Å². The zero-order chi connectivity index (χ0) is 19.2. The van der Waals surface area contributed by atoms with Crippen molar-refractivity contribution < 1.29 is 0 Å². The quantitative estimate of drug-likeness (QED) is 0.485. The number of para-hydroxylation sites is 1. The lowest BCUT2D eigenvalue weighted by Crippen LogP contribution is -2.39. The van der Waals surface area contributed by atoms with Gasteiger partial charge in [0.1, 0.15) is 11.4 Å². The van der Waals surface area contributed by atoms with Crippen molar-refractivity contribution in [1.29, 1.82) is 0 Å². The van der Waals surface area contributed by atoms with Crippen molar-refractivity contribution in [2.24, 2.45) is 12.1 Å². The van der Waals surface area contributed by atoms with E-state index in [-0.39, 0.29) is 0 Å². The molecule has 3 aromatic rings. The highest BCUT2D eigenvalue weighted by Gasteiger charge is 2.16. The third-order valence-corrected chi connectivity index (χ3v) is 4.97. The molecule has 2 heterocycles. The van der Waals surface area contributed by atoms with Crippen molar-refractivity contribution in [2.45, 2.75) is 13.5 Å². The van der Waals surface area contributed by atoms with Gasteiger partial charge >= 0.3 is 5.69 Å². The van der Waals surface area contributed by atoms with Crippen LogP contribution in [0.3, 0.4) is 0 Å². The first-order valence-electron chi connectivity index (χ1n) is 8.55. The highest BCUT2D eigenvalue weighted by atomic mass is 32.1. The summed E-state index contributed by atoms with van der Waals surface area (Å²) in [6, 6.07) is 13.4. The lowest BCUT2D eigenvalue weighted by atomic mass is 10.2. The van der Waals surface area contributed by atoms with Crippen molar-refractivity contribution in [1.82, 2.24) is 9.55 Å². The van der Waals surface area contributed by atoms with Crippen LogP contribution in [0.4, 0.5) is 11.5 Å². The molecule has 0 aliphatic rings. The van der Waals surface area contributed by atoms with E-state index in [2.05, 4.69) is 15.5 Å². The Morgan fingerprint density at radius 1 is 1.22 bits per heavy atom. The molecule has 0 amide bonds. The monoisotopic (exact) mass is 383 g/mol. The molecular formula is C19H21N5O2S. The number of rotatable bonds is 7. The lowest BCUT2D eigenvalue weighted by Gasteiger charge is -2.23. The van der Waals surface area contributed by atoms with E-state index in [1.807, 2.05) is 59.7 Å². The van der Waals surface area contributed by atoms with Gasteiger partial charge in [0.05, 0.1) is 18.4 Å². The van der Waals surface area contributed by atoms with Crippen LogP contribution in [-0.4, -0.2) is 22.3 Å². The van der Waals surface area contributed by atoms with Gasteiger partial charge in [-0.3, -0.25) is 19.8 Å². The van der Waals surface area contributed by atoms with Gasteiger partial charge in [-0.15, -0.1) is 11.3 Å². The summed E-state index contributed by atoms with van der Waals surface area (Å²) in [4.78, 5) is 30.7. The largest absolute Gasteiger partial charge is 0.352 e. The summed E-state index contributed by atoms with van der Waals surface area (Å²) in [6.45, 7) is 3.21. The zero-order valence-corrected chi connectivity index (χ0v) is 16.0. The molecule has 0 unspecified atom stereocenters. The first-order valence-corrected chi connectivity index (χ1v) is 9.43. The van der Waals surface area contributed by atoms with Gasteiger partial charge in [-0.05, 0) is 30.5 Å². The smallest absolute Gasteiger partial charge is 0.329 e. The van der Waals surface area contributed by atoms with Crippen LogP contribution < -0.4 is 21.6 Å². The van der Waals surface area contributed by atoms with E-state index in [9.17, 15) is 9.59 Å². The van der Waals surface area contributed by atoms with Gasteiger partial charge in [0.15, 0.2) is 0 Å². The summed E-state index contributed by atoms with van der Waals surface area (Å²) in [5.74, 6) is 0.470. The molecule has 8 heteroatoms. The normalized spacial score (nSPS) is 11.0. The molecule has 140 valence electrons. The van der Waals surface area contributed by atoms with Crippen molar-refractivity contribution >= 4 is 29.1 Å². The number of aromatic amines is 1. The molecule has 0 atom stereocenters. The van der Waals surface area contributed by atoms with Crippen molar-refractivity contribution in [3.8, 4) is 0 Å². The molecule has 0 fully saturated rings. The maximum Gasteiger partial charge on any atom is 0.329 e. The Morgan fingerprint density at radius 3 is 2.67 bits per heavy atom. The fraction of sp³-hybridized carbons (Fsp3) is 0.211. The number of thiophene rings is 1. The minimum atomic E-state index is -0.451. The van der Waals surface area contributed by atoms with Crippen LogP contribution in [0.25, 0.3) is 0 Å². The number of nitrogens with zero attached hydrogens (tertiary/aromatic N) is 3. The summed E-state index contributed by atoms with van der Waals surface area (Å²) >= 11 is 1.63. The van der Waals surface area contributed by atoms with Gasteiger partial charge in [-0.2, -0.15) is 5.10 Å². The van der Waals surface area contributed by atoms with E-state index >= 15 is 0 Å². The summed E-state index contributed by atoms with van der Waals surface area (Å²) < 4.78 is 1.05. The molecule has 3 rings (SSSR count). The van der Waals surface area contributed by atoms with E-state index in [4.69, 9.17) is 0 Å². The van der Waals surface area contributed by atoms with E-state index in [1.165, 1.54) is 13.3 Å². The Morgan fingerprint density at radius 2 is 2.00 bits per heavy atom. The van der Waals surface area contributed by atoms with Crippen LogP contribution in [0.2, 0.25) is 0 Å². The third kappa shape index (κ3) is 4.35. The number of hydrazone groups is 1. The van der Waals surface area contributed by atoms with E-state index < -0.39 is 11.2 Å². The fourth-order valence-electron chi connectivity index (χ4n) is 2.62. The van der Waals surface area contributed by atoms with Crippen molar-refractivity contribution in [3.63, 3.8) is 0 Å². The second-order valence-corrected chi connectivity index (χ2v) is 6.92. The van der Waals surface area contributed by atoms with E-state index in [1.54, 1.807) is 11.3 Å². The molecule has 0 aliphatic carbocycles. The molecule has 27 heavy (non-hydrogen) atoms. The molecular weight excluding hydrogens is 362 g/mol. The molecule has 0 radical (unpaired) electrons. The fourth-order valence-corrected chi connectivity index (χ4v) is 3.34. The maximum atomic E-state index is 12.7. The van der Waals surface area contributed by atoms with Gasteiger partial charge in [-0.1, -0.05) is 24.3 Å². The predicted molar refractivity (Wildman–Crippen MR) is 111 cm³/mol. The minimum Gasteiger partial charge on any atom is -0.352 e. The lowest BCUT2D eigenvalue weighted by molar-refractivity contribution is 0.743. The Bertz CT molecular complexity index is 1020. The second kappa shape index (κ2) is 8.50. The second-order valence-electron chi connectivity index (χ2n) is 5.89. The SMILES string of the molecule is CCN(Cc1cccs1)c1[nH]c(=O)n(C)c(=O)c1/C=N/Nc1ccccc1. The zero-order valence-electron chi connectivity index (χ0n) is 15.2. The number of hydrogen-bond donors (Lipinski definition) is 2. The Kier molecular flexibility index (Phi) is 5.87. The van der Waals surface area contributed by atoms with Gasteiger partial charge in [0, 0.05) is 18.5 Å². The van der Waals surface area contributed by atoms with Gasteiger partial charge in [0.2, 0.25) is 0 Å². The molecule has 0 saturated carbocycles. The molecule has 2 N–H and O–H groups in total. The predicted octanol–water partition coefficient (Wildman–Crippen LogP) is 2.61. The van der Waals surface area contributed by atoms with Gasteiger partial charge in [-0.25, -0.2) is 4.79 Å². The van der Waals surface area contributed by atoms with Crippen LogP contribution in [0.5, 0.6) is 0 Å². The molecule has 0 bridgehead atoms. The first kappa shape index (κ1) is 18.7. The van der Waals surface area contributed by atoms with E-state index in [0.29, 0.717) is 24.5 Å². The standard InChI is InChI=1S/C19H21N5O2S/c1-3-24(13-15-10-7-11-27-15)17-16(18(25)23(2)19(26)21-17)12-20-22-14-8-5-4-6-9-14/h4-12,22H,3,13H2,1-2H3,(H,21,26)/b20-12+. The number of anilines is 2. The number of hydrogen-bond acceptors (Lipinski definition) is 6. The Labute approximate surface area is 160 Å². The molecule has 2 aromatic heterocycles. The highest BCUT2D eigenvalue weighted by Crippen LogP contribution is 2.18. The highest BCUT2D eigenvalue weighted by molar-refractivity contribution is 7.09. The third-order valence-electron chi connectivity index (χ3n) is 4.11. The number of benzene rings is 1. The van der Waals surface area contributed by atoms with Crippen LogP contribution in [-0.2, 0) is 13.6 Å². The molecule has 0 spiro atoms. The van der Waals surface area contributed by atoms with Crippen LogP contribution >= 0.6 is 11.3 Å². The average molecular weight is 383 g/mol. The number of aromatic nitrogens is 2. The van der Waals surface area contributed by atoms with Crippen LogP contribution in [0, 0.1) is 0 Å². The Balaban J connectivity index is 1.97. The molecule has 0 aliphatic heterocycles. The summed E-state index contributed by atoms with van der Waals surface area (Å²) in [7, 11) is 1.45. The first-order chi connectivity index (χ1) is 13.1. The van der Waals surface area contributed by atoms with Crippen LogP contribution in [0.15, 0.2) is 62.5 Å². The van der Waals surface area contributed by atoms with Crippen molar-refractivity contribution in [2.75, 3.05) is 16.9 Å². The molecule has 1 aromatic carbocycles. The number of nitrogens with one attached hydrogen (secondary N) is 2. The molecule has 7 nitrogen and oxygen atoms in total.